The fraction of sp³-hybridized carbons (Fsp3) is 0.385. The van der Waals surface area contributed by atoms with Gasteiger partial charge in [-0.2, -0.15) is 0 Å². The van der Waals surface area contributed by atoms with E-state index in [2.05, 4.69) is 17.4 Å². The molecule has 0 saturated carbocycles. The summed E-state index contributed by atoms with van der Waals surface area (Å²) in [5.74, 6) is 0.532. The number of rotatable bonds is 5. The predicted molar refractivity (Wildman–Crippen MR) is 136 cm³/mol. The Morgan fingerprint density at radius 3 is 2.45 bits per heavy atom. The van der Waals surface area contributed by atoms with Gasteiger partial charge in [-0.15, -0.1) is 0 Å². The van der Waals surface area contributed by atoms with E-state index >= 15 is 0 Å². The number of para-hydroxylation sites is 1. The summed E-state index contributed by atoms with van der Waals surface area (Å²) in [4.78, 5) is 37.7. The molecule has 4 rings (SSSR count). The zero-order valence-electron chi connectivity index (χ0n) is 20.0. The summed E-state index contributed by atoms with van der Waals surface area (Å²) < 4.78 is 0. The van der Waals surface area contributed by atoms with Gasteiger partial charge in [0.2, 0.25) is 5.91 Å². The highest BCUT2D eigenvalue weighted by Gasteiger charge is 2.43. The molecule has 2 aromatic carbocycles. The molecule has 6 nitrogen and oxygen atoms in total. The van der Waals surface area contributed by atoms with Crippen LogP contribution in [0.4, 0.5) is 11.4 Å². The molecule has 0 unspecified atom stereocenters. The summed E-state index contributed by atoms with van der Waals surface area (Å²) in [5, 5.41) is 3.23. The Hall–Kier alpha value is -2.93. The Kier molecular flexibility index (Phi) is 6.43. The van der Waals surface area contributed by atoms with Crippen LogP contribution in [0.25, 0.3) is 0 Å². The highest BCUT2D eigenvalue weighted by Crippen LogP contribution is 2.36. The molecule has 0 radical (unpaired) electrons. The second-order valence-electron chi connectivity index (χ2n) is 9.00. The zero-order valence-corrected chi connectivity index (χ0v) is 20.8. The number of amidine groups is 2. The molecule has 172 valence electrons. The number of carbonyl (C=O) groups is 2. The van der Waals surface area contributed by atoms with Crippen molar-refractivity contribution in [2.75, 3.05) is 5.32 Å². The van der Waals surface area contributed by atoms with Crippen molar-refractivity contribution in [2.45, 2.75) is 59.3 Å². The molecule has 2 aromatic rings. The van der Waals surface area contributed by atoms with Gasteiger partial charge in [0.05, 0.1) is 10.9 Å². The van der Waals surface area contributed by atoms with Crippen LogP contribution in [0.3, 0.4) is 0 Å². The fourth-order valence-corrected chi connectivity index (χ4v) is 5.33. The number of aliphatic imine (C=N–C) groups is 2. The Morgan fingerprint density at radius 1 is 1.15 bits per heavy atom. The maximum atomic E-state index is 13.3. The molecule has 7 heteroatoms. The second kappa shape index (κ2) is 9.14. The Balaban J connectivity index is 1.64. The molecule has 0 fully saturated rings. The molecule has 33 heavy (non-hydrogen) atoms. The summed E-state index contributed by atoms with van der Waals surface area (Å²) in [6.07, 6.45) is 0.600. The van der Waals surface area contributed by atoms with E-state index in [9.17, 15) is 9.59 Å². The van der Waals surface area contributed by atoms with Gasteiger partial charge in [-0.1, -0.05) is 62.4 Å². The molecule has 0 aliphatic carbocycles. The van der Waals surface area contributed by atoms with Gasteiger partial charge in [0, 0.05) is 11.3 Å². The number of fused-ring (bicyclic) bond motifs is 3. The Labute approximate surface area is 199 Å². The van der Waals surface area contributed by atoms with Gasteiger partial charge >= 0.3 is 0 Å². The summed E-state index contributed by atoms with van der Waals surface area (Å²) in [7, 11) is 0. The molecule has 0 bridgehead atoms. The van der Waals surface area contributed by atoms with E-state index in [1.165, 1.54) is 17.3 Å². The minimum atomic E-state index is -0.441. The monoisotopic (exact) mass is 462 g/mol. The van der Waals surface area contributed by atoms with E-state index in [4.69, 9.17) is 9.98 Å². The van der Waals surface area contributed by atoms with Crippen molar-refractivity contribution in [3.63, 3.8) is 0 Å². The average molecular weight is 463 g/mol. The van der Waals surface area contributed by atoms with Crippen molar-refractivity contribution < 1.29 is 9.59 Å². The first-order valence-corrected chi connectivity index (χ1v) is 12.2. The summed E-state index contributed by atoms with van der Waals surface area (Å²) in [6.45, 7) is 12.0. The number of amides is 2. The molecule has 2 aliphatic heterocycles. The van der Waals surface area contributed by atoms with E-state index in [0.717, 1.165) is 28.1 Å². The SMILES string of the molecule is CC[C@H](SC1=Nc2ccccc2C2=N[C@H](C(C)C)C(=O)N12)C(=O)Nc1c(C)cc(C)cc1C. The Bertz CT molecular complexity index is 1160. The maximum absolute atomic E-state index is 13.3. The number of nitrogens with one attached hydrogen (secondary N) is 1. The van der Waals surface area contributed by atoms with Crippen LogP contribution in [0, 0.1) is 26.7 Å². The summed E-state index contributed by atoms with van der Waals surface area (Å²) >= 11 is 1.33. The minimum Gasteiger partial charge on any atom is -0.325 e. The van der Waals surface area contributed by atoms with Gasteiger partial charge in [0.1, 0.15) is 11.9 Å². The lowest BCUT2D eigenvalue weighted by atomic mass is 10.0. The van der Waals surface area contributed by atoms with Crippen LogP contribution in [0.1, 0.15) is 49.4 Å². The van der Waals surface area contributed by atoms with Crippen molar-refractivity contribution in [1.29, 1.82) is 0 Å². The lowest BCUT2D eigenvalue weighted by Crippen LogP contribution is -2.43. The van der Waals surface area contributed by atoms with Crippen molar-refractivity contribution in [1.82, 2.24) is 4.90 Å². The van der Waals surface area contributed by atoms with E-state index in [0.29, 0.717) is 17.4 Å². The Morgan fingerprint density at radius 2 is 1.82 bits per heavy atom. The smallest absolute Gasteiger partial charge is 0.259 e. The lowest BCUT2D eigenvalue weighted by molar-refractivity contribution is -0.125. The highest BCUT2D eigenvalue weighted by atomic mass is 32.2. The number of aryl methyl sites for hydroxylation is 3. The molecule has 0 spiro atoms. The van der Waals surface area contributed by atoms with Gasteiger partial charge in [-0.25, -0.2) is 9.89 Å². The fourth-order valence-electron chi connectivity index (χ4n) is 4.31. The van der Waals surface area contributed by atoms with Crippen molar-refractivity contribution in [3.8, 4) is 0 Å². The predicted octanol–water partition coefficient (Wildman–Crippen LogP) is 5.38. The number of hydrogen-bond donors (Lipinski definition) is 1. The standard InChI is InChI=1S/C26H30N4O2S/c1-7-20(24(31)29-22-16(5)12-15(4)13-17(22)6)33-26-27-19-11-9-8-10-18(19)23-28-21(14(2)3)25(32)30(23)26/h8-14,20-21H,7H2,1-6H3,(H,29,31)/t20-,21+/m0/s1. The first-order valence-electron chi connectivity index (χ1n) is 11.4. The molecule has 2 aliphatic rings. The van der Waals surface area contributed by atoms with Crippen LogP contribution in [-0.2, 0) is 9.59 Å². The van der Waals surface area contributed by atoms with Gasteiger partial charge in [-0.3, -0.25) is 14.6 Å². The number of thioether (sulfide) groups is 1. The van der Waals surface area contributed by atoms with E-state index in [-0.39, 0.29) is 17.7 Å². The van der Waals surface area contributed by atoms with Gasteiger partial charge in [0.25, 0.3) is 5.91 Å². The average Bonchev–Trinajstić information content (AvgIpc) is 3.12. The van der Waals surface area contributed by atoms with Crippen LogP contribution in [0.5, 0.6) is 0 Å². The van der Waals surface area contributed by atoms with Crippen LogP contribution < -0.4 is 5.32 Å². The van der Waals surface area contributed by atoms with E-state index in [1.54, 1.807) is 4.90 Å². The maximum Gasteiger partial charge on any atom is 0.259 e. The van der Waals surface area contributed by atoms with Crippen LogP contribution in [-0.4, -0.2) is 39.0 Å². The third-order valence-electron chi connectivity index (χ3n) is 5.97. The topological polar surface area (TPSA) is 74.1 Å². The van der Waals surface area contributed by atoms with E-state index in [1.807, 2.05) is 65.8 Å². The minimum absolute atomic E-state index is 0.0757. The number of anilines is 1. The summed E-state index contributed by atoms with van der Waals surface area (Å²) in [6, 6.07) is 11.4. The van der Waals surface area contributed by atoms with Gasteiger partial charge in [0.15, 0.2) is 5.17 Å². The first-order chi connectivity index (χ1) is 15.7. The van der Waals surface area contributed by atoms with Gasteiger partial charge < -0.3 is 5.32 Å². The second-order valence-corrected chi connectivity index (χ2v) is 10.2. The first kappa shape index (κ1) is 23.2. The number of carbonyl (C=O) groups excluding carboxylic acids is 2. The lowest BCUT2D eigenvalue weighted by Gasteiger charge is -2.27. The largest absolute Gasteiger partial charge is 0.325 e. The molecular weight excluding hydrogens is 432 g/mol. The number of nitrogens with zero attached hydrogens (tertiary/aromatic N) is 3. The van der Waals surface area contributed by atoms with Crippen molar-refractivity contribution in [3.05, 3.63) is 58.7 Å². The third-order valence-corrected chi connectivity index (χ3v) is 7.28. The molecule has 0 aromatic heterocycles. The molecule has 2 atom stereocenters. The highest BCUT2D eigenvalue weighted by molar-refractivity contribution is 8.15. The van der Waals surface area contributed by atoms with Crippen LogP contribution in [0.2, 0.25) is 0 Å². The number of hydrogen-bond acceptors (Lipinski definition) is 5. The molecule has 2 heterocycles. The third kappa shape index (κ3) is 4.34. The number of benzene rings is 2. The quantitative estimate of drug-likeness (QED) is 0.649. The molecule has 0 saturated heterocycles. The van der Waals surface area contributed by atoms with E-state index < -0.39 is 11.3 Å². The van der Waals surface area contributed by atoms with Crippen molar-refractivity contribution in [2.24, 2.45) is 15.9 Å². The zero-order chi connectivity index (χ0) is 23.9. The van der Waals surface area contributed by atoms with Crippen molar-refractivity contribution >= 4 is 46.0 Å². The van der Waals surface area contributed by atoms with Crippen LogP contribution in [0.15, 0.2) is 46.4 Å². The normalized spacial score (nSPS) is 18.0. The molecular formula is C26H30N4O2S. The van der Waals surface area contributed by atoms with Crippen LogP contribution >= 0.6 is 11.8 Å². The summed E-state index contributed by atoms with van der Waals surface area (Å²) in [5.41, 5.74) is 5.70. The molecule has 2 amide bonds. The molecule has 1 N–H and O–H groups in total. The van der Waals surface area contributed by atoms with Gasteiger partial charge in [-0.05, 0) is 56.4 Å².